The van der Waals surface area contributed by atoms with Crippen LogP contribution in [0.1, 0.15) is 26.7 Å². The largest absolute Gasteiger partial charge is 0.387 e. The number of carbonyl (C=O) groups is 2. The van der Waals surface area contributed by atoms with Crippen molar-refractivity contribution in [1.82, 2.24) is 10.6 Å². The molecule has 0 radical (unpaired) electrons. The van der Waals surface area contributed by atoms with E-state index in [-0.39, 0.29) is 11.7 Å². The van der Waals surface area contributed by atoms with E-state index in [4.69, 9.17) is 0 Å². The second-order valence-corrected chi connectivity index (χ2v) is 4.45. The van der Waals surface area contributed by atoms with Crippen LogP contribution in [0, 0.1) is 5.41 Å². The molecule has 0 aromatic heterocycles. The molecule has 1 amide bonds. The van der Waals surface area contributed by atoms with Crippen LogP contribution in [0.5, 0.6) is 0 Å². The monoisotopic (exact) mass is 210 g/mol. The van der Waals surface area contributed by atoms with Gasteiger partial charge in [-0.25, -0.2) is 0 Å². The fraction of sp³-hybridized carbons (Fsp3) is 0.636. The lowest BCUT2D eigenvalue weighted by molar-refractivity contribution is -0.128. The van der Waals surface area contributed by atoms with Crippen LogP contribution in [-0.4, -0.2) is 25.3 Å². The average Bonchev–Trinajstić information content (AvgIpc) is 2.60. The summed E-state index contributed by atoms with van der Waals surface area (Å²) in [5, 5.41) is 5.77. The van der Waals surface area contributed by atoms with E-state index in [9.17, 15) is 9.59 Å². The summed E-state index contributed by atoms with van der Waals surface area (Å²) < 4.78 is 0. The minimum absolute atomic E-state index is 0.0000709. The maximum atomic E-state index is 11.5. The van der Waals surface area contributed by atoms with Crippen LogP contribution in [0.4, 0.5) is 0 Å². The fourth-order valence-electron chi connectivity index (χ4n) is 1.49. The van der Waals surface area contributed by atoms with Gasteiger partial charge in [0.2, 0.25) is 5.91 Å². The SMILES string of the molecule is CNC(=O)C(C)(C)CNC1=CC(=O)CC1. The van der Waals surface area contributed by atoms with Gasteiger partial charge in [0.15, 0.2) is 5.78 Å². The predicted molar refractivity (Wildman–Crippen MR) is 58.2 cm³/mol. The highest BCUT2D eigenvalue weighted by atomic mass is 16.2. The first-order valence-corrected chi connectivity index (χ1v) is 5.15. The first kappa shape index (κ1) is 11.8. The number of nitrogens with one attached hydrogen (secondary N) is 2. The van der Waals surface area contributed by atoms with Crippen molar-refractivity contribution in [2.75, 3.05) is 13.6 Å². The zero-order chi connectivity index (χ0) is 11.5. The topological polar surface area (TPSA) is 58.2 Å². The third-order valence-electron chi connectivity index (χ3n) is 2.58. The molecule has 0 fully saturated rings. The molecule has 2 N–H and O–H groups in total. The number of allylic oxidation sites excluding steroid dienone is 2. The molecule has 1 aliphatic rings. The zero-order valence-electron chi connectivity index (χ0n) is 9.52. The van der Waals surface area contributed by atoms with Gasteiger partial charge in [0, 0.05) is 31.8 Å². The Morgan fingerprint density at radius 1 is 1.47 bits per heavy atom. The zero-order valence-corrected chi connectivity index (χ0v) is 9.52. The fourth-order valence-corrected chi connectivity index (χ4v) is 1.49. The Morgan fingerprint density at radius 3 is 2.60 bits per heavy atom. The average molecular weight is 210 g/mol. The predicted octanol–water partition coefficient (Wildman–Crippen LogP) is 0.595. The molecule has 0 heterocycles. The quantitative estimate of drug-likeness (QED) is 0.714. The van der Waals surface area contributed by atoms with Crippen molar-refractivity contribution in [3.63, 3.8) is 0 Å². The third-order valence-corrected chi connectivity index (χ3v) is 2.58. The van der Waals surface area contributed by atoms with Crippen LogP contribution in [0.3, 0.4) is 0 Å². The van der Waals surface area contributed by atoms with Crippen LogP contribution in [0.25, 0.3) is 0 Å². The lowest BCUT2D eigenvalue weighted by Crippen LogP contribution is -2.41. The Labute approximate surface area is 90.1 Å². The van der Waals surface area contributed by atoms with Crippen molar-refractivity contribution >= 4 is 11.7 Å². The summed E-state index contributed by atoms with van der Waals surface area (Å²) in [5.74, 6) is 0.162. The molecule has 0 spiro atoms. The van der Waals surface area contributed by atoms with Gasteiger partial charge in [0.25, 0.3) is 0 Å². The minimum Gasteiger partial charge on any atom is -0.387 e. The van der Waals surface area contributed by atoms with E-state index < -0.39 is 5.41 Å². The van der Waals surface area contributed by atoms with E-state index in [1.54, 1.807) is 13.1 Å². The second-order valence-electron chi connectivity index (χ2n) is 4.45. The first-order valence-electron chi connectivity index (χ1n) is 5.15. The Hall–Kier alpha value is -1.32. The third kappa shape index (κ3) is 3.08. The van der Waals surface area contributed by atoms with Gasteiger partial charge in [0.05, 0.1) is 5.41 Å². The van der Waals surface area contributed by atoms with Crippen molar-refractivity contribution < 1.29 is 9.59 Å². The van der Waals surface area contributed by atoms with Crippen molar-refractivity contribution in [2.45, 2.75) is 26.7 Å². The lowest BCUT2D eigenvalue weighted by Gasteiger charge is -2.23. The van der Waals surface area contributed by atoms with Crippen LogP contribution >= 0.6 is 0 Å². The molecule has 4 heteroatoms. The van der Waals surface area contributed by atoms with Crippen LogP contribution in [-0.2, 0) is 9.59 Å². The molecule has 1 rings (SSSR count). The van der Waals surface area contributed by atoms with E-state index in [0.717, 1.165) is 12.1 Å². The van der Waals surface area contributed by atoms with Gasteiger partial charge < -0.3 is 10.6 Å². The van der Waals surface area contributed by atoms with Gasteiger partial charge in [-0.2, -0.15) is 0 Å². The molecule has 1 aliphatic carbocycles. The molecule has 15 heavy (non-hydrogen) atoms. The van der Waals surface area contributed by atoms with Crippen molar-refractivity contribution in [3.05, 3.63) is 11.8 Å². The van der Waals surface area contributed by atoms with Gasteiger partial charge in [0.1, 0.15) is 0 Å². The number of amides is 1. The maximum absolute atomic E-state index is 11.5. The van der Waals surface area contributed by atoms with E-state index in [0.29, 0.717) is 13.0 Å². The van der Waals surface area contributed by atoms with Crippen molar-refractivity contribution in [2.24, 2.45) is 5.41 Å². The molecule has 4 nitrogen and oxygen atoms in total. The van der Waals surface area contributed by atoms with Gasteiger partial charge in [-0.3, -0.25) is 9.59 Å². The van der Waals surface area contributed by atoms with E-state index >= 15 is 0 Å². The second kappa shape index (κ2) is 4.47. The molecule has 0 unspecified atom stereocenters. The Bertz CT molecular complexity index is 306. The number of hydrogen-bond acceptors (Lipinski definition) is 3. The Kier molecular flexibility index (Phi) is 3.50. The minimum atomic E-state index is -0.457. The molecule has 0 bridgehead atoms. The number of carbonyl (C=O) groups excluding carboxylic acids is 2. The smallest absolute Gasteiger partial charge is 0.227 e. The number of rotatable bonds is 4. The highest BCUT2D eigenvalue weighted by Gasteiger charge is 2.26. The standard InChI is InChI=1S/C11H18N2O2/c1-11(2,10(15)12-3)7-13-8-4-5-9(14)6-8/h6,13H,4-5,7H2,1-3H3,(H,12,15). The Balaban J connectivity index is 2.46. The summed E-state index contributed by atoms with van der Waals surface area (Å²) in [7, 11) is 1.63. The molecule has 84 valence electrons. The van der Waals surface area contributed by atoms with Gasteiger partial charge in [-0.1, -0.05) is 0 Å². The van der Waals surface area contributed by atoms with Gasteiger partial charge in [-0.05, 0) is 20.3 Å². The molecule has 0 atom stereocenters. The summed E-state index contributed by atoms with van der Waals surface area (Å²) in [6.07, 6.45) is 2.98. The van der Waals surface area contributed by atoms with Gasteiger partial charge >= 0.3 is 0 Å². The molecule has 0 saturated carbocycles. The van der Waals surface area contributed by atoms with Crippen LogP contribution in [0.15, 0.2) is 11.8 Å². The number of ketones is 1. The van der Waals surface area contributed by atoms with Crippen LogP contribution in [0.2, 0.25) is 0 Å². The first-order chi connectivity index (χ1) is 6.95. The summed E-state index contributed by atoms with van der Waals surface area (Å²) in [6, 6.07) is 0. The van der Waals surface area contributed by atoms with Crippen LogP contribution < -0.4 is 10.6 Å². The summed E-state index contributed by atoms with van der Waals surface area (Å²) in [6.45, 7) is 4.29. The molecule has 0 saturated heterocycles. The van der Waals surface area contributed by atoms with Gasteiger partial charge in [-0.15, -0.1) is 0 Å². The highest BCUT2D eigenvalue weighted by Crippen LogP contribution is 2.17. The molecular formula is C11H18N2O2. The van der Waals surface area contributed by atoms with Crippen molar-refractivity contribution in [3.8, 4) is 0 Å². The maximum Gasteiger partial charge on any atom is 0.227 e. The molecule has 0 aliphatic heterocycles. The highest BCUT2D eigenvalue weighted by molar-refractivity contribution is 5.92. The Morgan fingerprint density at radius 2 is 2.13 bits per heavy atom. The van der Waals surface area contributed by atoms with E-state index in [1.807, 2.05) is 13.8 Å². The summed E-state index contributed by atoms with van der Waals surface area (Å²) >= 11 is 0. The normalized spacial score (nSPS) is 16.2. The summed E-state index contributed by atoms with van der Waals surface area (Å²) in [5.41, 5.74) is 0.485. The van der Waals surface area contributed by atoms with E-state index in [2.05, 4.69) is 10.6 Å². The van der Waals surface area contributed by atoms with E-state index in [1.165, 1.54) is 0 Å². The molecule has 0 aromatic carbocycles. The summed E-state index contributed by atoms with van der Waals surface area (Å²) in [4.78, 5) is 22.4. The number of hydrogen-bond donors (Lipinski definition) is 2. The lowest BCUT2D eigenvalue weighted by atomic mass is 9.92. The molecule has 0 aromatic rings. The van der Waals surface area contributed by atoms with Crippen molar-refractivity contribution in [1.29, 1.82) is 0 Å². The molecular weight excluding hydrogens is 192 g/mol.